The summed E-state index contributed by atoms with van der Waals surface area (Å²) >= 11 is 0. The predicted octanol–water partition coefficient (Wildman–Crippen LogP) is 0.910. The molecule has 0 aromatic heterocycles. The molecule has 2 aliphatic rings. The zero-order valence-corrected chi connectivity index (χ0v) is 20.0. The first kappa shape index (κ1) is 24.4. The monoisotopic (exact) mass is 494 g/mol. The van der Waals surface area contributed by atoms with Gasteiger partial charge in [-0.2, -0.15) is 0 Å². The van der Waals surface area contributed by atoms with Crippen molar-refractivity contribution in [2.24, 2.45) is 16.8 Å². The third-order valence-corrected chi connectivity index (χ3v) is 5.34. The molecule has 1 amide bonds. The lowest BCUT2D eigenvalue weighted by Crippen LogP contribution is -2.49. The van der Waals surface area contributed by atoms with Crippen LogP contribution >= 0.6 is 24.0 Å². The lowest BCUT2D eigenvalue weighted by atomic mass is 10.1. The summed E-state index contributed by atoms with van der Waals surface area (Å²) in [5.41, 5.74) is 0. The van der Waals surface area contributed by atoms with Crippen molar-refractivity contribution in [1.29, 1.82) is 0 Å². The van der Waals surface area contributed by atoms with E-state index < -0.39 is 0 Å². The molecule has 7 nitrogen and oxygen atoms in total. The number of nitrogens with zero attached hydrogens (tertiary/aromatic N) is 4. The predicted molar refractivity (Wildman–Crippen MR) is 123 cm³/mol. The van der Waals surface area contributed by atoms with Gasteiger partial charge in [0.15, 0.2) is 5.96 Å². The molecule has 0 aromatic carbocycles. The number of carbonyl (C=O) groups excluding carboxylic acids is 1. The van der Waals surface area contributed by atoms with Gasteiger partial charge in [0, 0.05) is 71.4 Å². The van der Waals surface area contributed by atoms with Gasteiger partial charge in [-0.3, -0.25) is 9.79 Å². The molecule has 0 aliphatic carbocycles. The molecule has 0 radical (unpaired) electrons. The van der Waals surface area contributed by atoms with Crippen molar-refractivity contribution in [3.63, 3.8) is 0 Å². The Hall–Kier alpha value is -0.610. The smallest absolute Gasteiger partial charge is 0.225 e. The van der Waals surface area contributed by atoms with Crippen LogP contribution in [-0.4, -0.2) is 99.1 Å². The molecule has 0 bridgehead atoms. The normalized spacial score (nSPS) is 23.3. The van der Waals surface area contributed by atoms with Gasteiger partial charge >= 0.3 is 0 Å². The fourth-order valence-electron chi connectivity index (χ4n) is 3.64. The Kier molecular flexibility index (Phi) is 10.9. The number of nitrogens with one attached hydrogen (secondary N) is 2. The highest BCUT2D eigenvalue weighted by atomic mass is 127. The Labute approximate surface area is 182 Å². The number of carbonyl (C=O) groups is 1. The Morgan fingerprint density at radius 3 is 2.41 bits per heavy atom. The van der Waals surface area contributed by atoms with Gasteiger partial charge in [-0.15, -0.1) is 24.0 Å². The fourth-order valence-corrected chi connectivity index (χ4v) is 3.64. The minimum absolute atomic E-state index is 0. The van der Waals surface area contributed by atoms with E-state index in [1.54, 1.807) is 0 Å². The van der Waals surface area contributed by atoms with E-state index in [-0.39, 0.29) is 41.8 Å². The maximum absolute atomic E-state index is 12.1. The number of piperazine rings is 1. The van der Waals surface area contributed by atoms with E-state index in [0.717, 1.165) is 64.7 Å². The van der Waals surface area contributed by atoms with Gasteiger partial charge < -0.3 is 25.3 Å². The van der Waals surface area contributed by atoms with Crippen LogP contribution in [0.3, 0.4) is 0 Å². The second-order valence-electron chi connectivity index (χ2n) is 8.23. The summed E-state index contributed by atoms with van der Waals surface area (Å²) < 4.78 is 0. The van der Waals surface area contributed by atoms with Gasteiger partial charge in [0.2, 0.25) is 5.91 Å². The van der Waals surface area contributed by atoms with Gasteiger partial charge in [0.1, 0.15) is 0 Å². The number of aliphatic imine (C=N–C) groups is 1. The maximum Gasteiger partial charge on any atom is 0.225 e. The summed E-state index contributed by atoms with van der Waals surface area (Å²) in [6.07, 6.45) is 0.982. The molecule has 0 saturated carbocycles. The molecule has 2 atom stereocenters. The van der Waals surface area contributed by atoms with Crippen LogP contribution in [0.15, 0.2) is 4.99 Å². The minimum Gasteiger partial charge on any atom is -0.356 e. The Bertz CT molecular complexity index is 479. The molecule has 0 aromatic rings. The second-order valence-corrected chi connectivity index (χ2v) is 8.23. The molecule has 27 heavy (non-hydrogen) atoms. The lowest BCUT2D eigenvalue weighted by molar-refractivity contribution is -0.133. The molecule has 0 spiro atoms. The van der Waals surface area contributed by atoms with Crippen molar-refractivity contribution in [3.05, 3.63) is 0 Å². The number of rotatable bonds is 6. The minimum atomic E-state index is 0. The summed E-state index contributed by atoms with van der Waals surface area (Å²) in [5, 5.41) is 6.94. The van der Waals surface area contributed by atoms with Gasteiger partial charge in [-0.1, -0.05) is 20.8 Å². The standard InChI is InChI=1S/C19H38N6O.HI/c1-15(2)18(26)25-7-6-17(14-25)22-19(20-4)21-12-16(3)13-24-10-8-23(5)9-11-24;/h15-17H,6-14H2,1-5H3,(H2,20,21,22);1H. The van der Waals surface area contributed by atoms with E-state index >= 15 is 0 Å². The third kappa shape index (κ3) is 8.11. The van der Waals surface area contributed by atoms with Crippen LogP contribution in [0, 0.1) is 11.8 Å². The van der Waals surface area contributed by atoms with Crippen LogP contribution in [-0.2, 0) is 4.79 Å². The Morgan fingerprint density at radius 1 is 1.15 bits per heavy atom. The van der Waals surface area contributed by atoms with Gasteiger partial charge in [0.25, 0.3) is 0 Å². The quantitative estimate of drug-likeness (QED) is 0.327. The molecule has 2 aliphatic heterocycles. The van der Waals surface area contributed by atoms with E-state index in [1.807, 2.05) is 25.8 Å². The van der Waals surface area contributed by atoms with Crippen molar-refractivity contribution in [1.82, 2.24) is 25.3 Å². The Balaban J connectivity index is 0.00000364. The summed E-state index contributed by atoms with van der Waals surface area (Å²) in [6.45, 7) is 14.5. The maximum atomic E-state index is 12.1. The number of likely N-dealkylation sites (N-methyl/N-ethyl adjacent to an activating group) is 1. The molecule has 2 fully saturated rings. The molecule has 2 heterocycles. The molecular weight excluding hydrogens is 455 g/mol. The topological polar surface area (TPSA) is 63.2 Å². The largest absolute Gasteiger partial charge is 0.356 e. The van der Waals surface area contributed by atoms with Crippen LogP contribution in [0.25, 0.3) is 0 Å². The average Bonchev–Trinajstić information content (AvgIpc) is 3.08. The molecule has 2 rings (SSSR count). The lowest BCUT2D eigenvalue weighted by Gasteiger charge is -2.34. The molecule has 2 saturated heterocycles. The number of guanidine groups is 1. The highest BCUT2D eigenvalue weighted by molar-refractivity contribution is 14.0. The fraction of sp³-hybridized carbons (Fsp3) is 0.895. The van der Waals surface area contributed by atoms with Crippen LogP contribution in [0.1, 0.15) is 27.2 Å². The highest BCUT2D eigenvalue weighted by Crippen LogP contribution is 2.12. The van der Waals surface area contributed by atoms with Crippen molar-refractivity contribution in [2.75, 3.05) is 66.5 Å². The van der Waals surface area contributed by atoms with Crippen LogP contribution in [0.4, 0.5) is 0 Å². The molecule has 8 heteroatoms. The van der Waals surface area contributed by atoms with E-state index in [2.05, 4.69) is 39.4 Å². The number of hydrogen-bond donors (Lipinski definition) is 2. The summed E-state index contributed by atoms with van der Waals surface area (Å²) in [6, 6.07) is 0.289. The zero-order valence-electron chi connectivity index (χ0n) is 17.7. The zero-order chi connectivity index (χ0) is 19.1. The number of halogens is 1. The summed E-state index contributed by atoms with van der Waals surface area (Å²) in [4.78, 5) is 23.4. The van der Waals surface area contributed by atoms with Gasteiger partial charge in [-0.05, 0) is 19.4 Å². The second kappa shape index (κ2) is 12.1. The first-order chi connectivity index (χ1) is 12.4. The highest BCUT2D eigenvalue weighted by Gasteiger charge is 2.28. The first-order valence-electron chi connectivity index (χ1n) is 10.1. The summed E-state index contributed by atoms with van der Waals surface area (Å²) in [7, 11) is 4.00. The van der Waals surface area contributed by atoms with E-state index in [4.69, 9.17) is 0 Å². The van der Waals surface area contributed by atoms with Crippen molar-refractivity contribution in [2.45, 2.75) is 33.2 Å². The van der Waals surface area contributed by atoms with E-state index in [0.29, 0.717) is 5.92 Å². The Morgan fingerprint density at radius 2 is 1.81 bits per heavy atom. The first-order valence-corrected chi connectivity index (χ1v) is 10.1. The number of hydrogen-bond acceptors (Lipinski definition) is 4. The molecule has 2 unspecified atom stereocenters. The molecule has 158 valence electrons. The van der Waals surface area contributed by atoms with E-state index in [1.165, 1.54) is 0 Å². The van der Waals surface area contributed by atoms with E-state index in [9.17, 15) is 4.79 Å². The van der Waals surface area contributed by atoms with Gasteiger partial charge in [0.05, 0.1) is 0 Å². The summed E-state index contributed by atoms with van der Waals surface area (Å²) in [5.74, 6) is 1.73. The molecular formula is C19H39IN6O. The third-order valence-electron chi connectivity index (χ3n) is 5.34. The van der Waals surface area contributed by atoms with Crippen molar-refractivity contribution < 1.29 is 4.79 Å². The van der Waals surface area contributed by atoms with Crippen molar-refractivity contribution >= 4 is 35.8 Å². The van der Waals surface area contributed by atoms with Crippen LogP contribution < -0.4 is 10.6 Å². The number of likely N-dealkylation sites (tertiary alicyclic amines) is 1. The average molecular weight is 494 g/mol. The van der Waals surface area contributed by atoms with Crippen LogP contribution in [0.2, 0.25) is 0 Å². The van der Waals surface area contributed by atoms with Crippen molar-refractivity contribution in [3.8, 4) is 0 Å². The SMILES string of the molecule is CN=C(NCC(C)CN1CCN(C)CC1)NC1CCN(C(=O)C(C)C)C1.I. The van der Waals surface area contributed by atoms with Gasteiger partial charge in [-0.25, -0.2) is 0 Å². The molecule has 2 N–H and O–H groups in total. The number of amides is 1. The van der Waals surface area contributed by atoms with Crippen LogP contribution in [0.5, 0.6) is 0 Å².